The molecule has 1 fully saturated rings. The average Bonchev–Trinajstić information content (AvgIpc) is 3.40. The van der Waals surface area contributed by atoms with E-state index in [1.54, 1.807) is 18.2 Å². The number of halogens is 1. The predicted octanol–water partition coefficient (Wildman–Crippen LogP) is 4.50. The molecule has 1 aliphatic rings. The Labute approximate surface area is 215 Å². The molecule has 9 heteroatoms. The molecule has 37 heavy (non-hydrogen) atoms. The number of hydrogen-bond donors (Lipinski definition) is 2. The van der Waals surface area contributed by atoms with E-state index in [2.05, 4.69) is 45.3 Å². The van der Waals surface area contributed by atoms with Gasteiger partial charge in [0.2, 0.25) is 5.91 Å². The molecular formula is C28H30FN5O3. The first kappa shape index (κ1) is 26.1. The topological polar surface area (TPSA) is 88.6 Å². The van der Waals surface area contributed by atoms with Crippen molar-refractivity contribution in [1.82, 2.24) is 14.9 Å². The maximum atomic E-state index is 14.0. The first-order chi connectivity index (χ1) is 18.0. The van der Waals surface area contributed by atoms with Gasteiger partial charge in [-0.2, -0.15) is 0 Å². The lowest BCUT2D eigenvalue weighted by Crippen LogP contribution is -2.23. The summed E-state index contributed by atoms with van der Waals surface area (Å²) < 4.78 is 25.6. The van der Waals surface area contributed by atoms with Gasteiger partial charge in [-0.05, 0) is 37.4 Å². The van der Waals surface area contributed by atoms with Crippen molar-refractivity contribution in [2.75, 3.05) is 43.5 Å². The number of nitrogens with zero attached hydrogens (tertiary/aromatic N) is 3. The number of rotatable bonds is 10. The van der Waals surface area contributed by atoms with Crippen LogP contribution in [0.15, 0.2) is 48.8 Å². The number of benzene rings is 2. The van der Waals surface area contributed by atoms with Crippen LogP contribution in [-0.2, 0) is 9.53 Å². The molecule has 0 radical (unpaired) electrons. The van der Waals surface area contributed by atoms with E-state index in [9.17, 15) is 9.18 Å². The molecule has 2 N–H and O–H groups in total. The van der Waals surface area contributed by atoms with E-state index in [1.165, 1.54) is 24.5 Å². The Balaban J connectivity index is 1.66. The summed E-state index contributed by atoms with van der Waals surface area (Å²) in [6.07, 6.45) is 10.8. The Morgan fingerprint density at radius 3 is 2.84 bits per heavy atom. The molecule has 0 spiro atoms. The summed E-state index contributed by atoms with van der Waals surface area (Å²) in [5.74, 6) is 2.61. The zero-order chi connectivity index (χ0) is 26.2. The lowest BCUT2D eigenvalue weighted by atomic mass is 10.1. The largest absolute Gasteiger partial charge is 0.486 e. The molecule has 0 unspecified atom stereocenters. The highest BCUT2D eigenvalue weighted by atomic mass is 19.1. The molecule has 2 heterocycles. The molecular weight excluding hydrogens is 473 g/mol. The van der Waals surface area contributed by atoms with Crippen LogP contribution in [0.3, 0.4) is 0 Å². The Hall–Kier alpha value is -4.00. The van der Waals surface area contributed by atoms with Crippen LogP contribution in [0.2, 0.25) is 0 Å². The van der Waals surface area contributed by atoms with Crippen LogP contribution in [0.1, 0.15) is 25.8 Å². The van der Waals surface area contributed by atoms with E-state index in [1.807, 2.05) is 6.08 Å². The van der Waals surface area contributed by atoms with Crippen molar-refractivity contribution in [3.05, 3.63) is 60.2 Å². The van der Waals surface area contributed by atoms with E-state index in [0.29, 0.717) is 59.2 Å². The predicted molar refractivity (Wildman–Crippen MR) is 143 cm³/mol. The fourth-order valence-corrected chi connectivity index (χ4v) is 4.01. The second kappa shape index (κ2) is 12.3. The van der Waals surface area contributed by atoms with Gasteiger partial charge in [0.05, 0.1) is 24.4 Å². The Morgan fingerprint density at radius 1 is 1.27 bits per heavy atom. The summed E-state index contributed by atoms with van der Waals surface area (Å²) >= 11 is 0. The smallest absolute Gasteiger partial charge is 0.248 e. The van der Waals surface area contributed by atoms with Crippen molar-refractivity contribution >= 4 is 34.0 Å². The van der Waals surface area contributed by atoms with Gasteiger partial charge in [0.15, 0.2) is 0 Å². The number of terminal acetylenes is 1. The summed E-state index contributed by atoms with van der Waals surface area (Å²) in [6.45, 7) is 7.73. The molecule has 8 nitrogen and oxygen atoms in total. The fourth-order valence-electron chi connectivity index (χ4n) is 4.01. The molecule has 0 saturated carbocycles. The molecule has 1 saturated heterocycles. The third-order valence-electron chi connectivity index (χ3n) is 6.03. The van der Waals surface area contributed by atoms with E-state index in [0.717, 1.165) is 19.5 Å². The highest BCUT2D eigenvalue weighted by Gasteiger charge is 2.21. The van der Waals surface area contributed by atoms with Crippen LogP contribution in [0.25, 0.3) is 10.9 Å². The van der Waals surface area contributed by atoms with Gasteiger partial charge in [-0.3, -0.25) is 4.79 Å². The summed E-state index contributed by atoms with van der Waals surface area (Å²) in [5.41, 5.74) is 1.91. The van der Waals surface area contributed by atoms with Gasteiger partial charge in [-0.25, -0.2) is 14.4 Å². The molecule has 1 aromatic heterocycles. The fraction of sp³-hybridized carbons (Fsp3) is 0.321. The zero-order valence-corrected chi connectivity index (χ0v) is 21.0. The zero-order valence-electron chi connectivity index (χ0n) is 21.0. The van der Waals surface area contributed by atoms with Crippen molar-refractivity contribution < 1.29 is 18.7 Å². The molecule has 1 atom stereocenters. The number of ether oxygens (including phenoxy) is 2. The maximum Gasteiger partial charge on any atom is 0.248 e. The van der Waals surface area contributed by atoms with Crippen molar-refractivity contribution in [2.24, 2.45) is 0 Å². The maximum absolute atomic E-state index is 14.0. The summed E-state index contributed by atoms with van der Waals surface area (Å²) in [5, 5.41) is 6.66. The monoisotopic (exact) mass is 503 g/mol. The third-order valence-corrected chi connectivity index (χ3v) is 6.03. The van der Waals surface area contributed by atoms with E-state index < -0.39 is 5.82 Å². The minimum absolute atomic E-state index is 0.125. The number of amides is 1. The molecule has 4 rings (SSSR count). The molecule has 3 aromatic rings. The standard InChI is InChI=1S/C28H30FN5O3/c1-4-19-12-20(29)14-21(13-19)32-28-23-15-25(33-27(35)8-7-10-34(5-2)6-3)26(16-24(23)30-18-31-28)37-22-9-11-36-17-22/h1,7-8,12-16,18,22H,5-6,9-11,17H2,2-3H3,(H,33,35)(H,30,31,32)/b8-7+/t22-/m0/s1. The Bertz CT molecular complexity index is 1330. The Morgan fingerprint density at radius 2 is 2.11 bits per heavy atom. The van der Waals surface area contributed by atoms with E-state index >= 15 is 0 Å². The quantitative estimate of drug-likeness (QED) is 0.311. The first-order valence-electron chi connectivity index (χ1n) is 12.3. The van der Waals surface area contributed by atoms with Crippen molar-refractivity contribution in [2.45, 2.75) is 26.4 Å². The molecule has 1 amide bonds. The number of carbonyl (C=O) groups excluding carboxylic acids is 1. The van der Waals surface area contributed by atoms with Crippen molar-refractivity contribution in [1.29, 1.82) is 0 Å². The van der Waals surface area contributed by atoms with Crippen LogP contribution in [-0.4, -0.2) is 59.7 Å². The van der Waals surface area contributed by atoms with Gasteiger partial charge in [0, 0.05) is 41.7 Å². The molecule has 0 bridgehead atoms. The van der Waals surface area contributed by atoms with Crippen molar-refractivity contribution in [3.8, 4) is 18.1 Å². The first-order valence-corrected chi connectivity index (χ1v) is 12.3. The van der Waals surface area contributed by atoms with Crippen molar-refractivity contribution in [3.63, 3.8) is 0 Å². The third kappa shape index (κ3) is 6.82. The van der Waals surface area contributed by atoms with Crippen LogP contribution in [0.5, 0.6) is 5.75 Å². The van der Waals surface area contributed by atoms with Crippen LogP contribution < -0.4 is 15.4 Å². The second-order valence-electron chi connectivity index (χ2n) is 8.57. The second-order valence-corrected chi connectivity index (χ2v) is 8.57. The molecule has 2 aromatic carbocycles. The van der Waals surface area contributed by atoms with Gasteiger partial charge >= 0.3 is 0 Å². The number of anilines is 3. The molecule has 192 valence electrons. The van der Waals surface area contributed by atoms with Gasteiger partial charge in [0.1, 0.15) is 29.8 Å². The van der Waals surface area contributed by atoms with Gasteiger partial charge in [-0.15, -0.1) is 6.42 Å². The summed E-state index contributed by atoms with van der Waals surface area (Å²) in [7, 11) is 0. The minimum Gasteiger partial charge on any atom is -0.486 e. The number of fused-ring (bicyclic) bond motifs is 1. The normalized spacial score (nSPS) is 15.3. The number of nitrogens with one attached hydrogen (secondary N) is 2. The lowest BCUT2D eigenvalue weighted by Gasteiger charge is -2.18. The Kier molecular flexibility index (Phi) is 8.67. The lowest BCUT2D eigenvalue weighted by molar-refractivity contribution is -0.111. The van der Waals surface area contributed by atoms with Crippen LogP contribution in [0.4, 0.5) is 21.6 Å². The summed E-state index contributed by atoms with van der Waals surface area (Å²) in [4.78, 5) is 23.7. The van der Waals surface area contributed by atoms with E-state index in [4.69, 9.17) is 15.9 Å². The van der Waals surface area contributed by atoms with Crippen LogP contribution >= 0.6 is 0 Å². The number of likely N-dealkylation sites (N-methyl/N-ethyl adjacent to an activating group) is 1. The van der Waals surface area contributed by atoms with Gasteiger partial charge in [0.25, 0.3) is 0 Å². The minimum atomic E-state index is -0.463. The SMILES string of the molecule is C#Cc1cc(F)cc(Nc2ncnc3cc(O[C@H]4CCOC4)c(NC(=O)/C=C/CN(CC)CC)cc23)c1. The van der Waals surface area contributed by atoms with E-state index in [-0.39, 0.29) is 12.0 Å². The van der Waals surface area contributed by atoms with Crippen LogP contribution in [0, 0.1) is 18.2 Å². The number of hydrogen-bond acceptors (Lipinski definition) is 7. The number of aromatic nitrogens is 2. The van der Waals surface area contributed by atoms with Gasteiger partial charge < -0.3 is 25.0 Å². The summed E-state index contributed by atoms with van der Waals surface area (Å²) in [6, 6.07) is 7.77. The average molecular weight is 504 g/mol. The number of carbonyl (C=O) groups is 1. The molecule has 0 aliphatic carbocycles. The highest BCUT2D eigenvalue weighted by Crippen LogP contribution is 2.34. The van der Waals surface area contributed by atoms with Gasteiger partial charge in [-0.1, -0.05) is 25.8 Å². The highest BCUT2D eigenvalue weighted by molar-refractivity contribution is 6.03. The molecule has 1 aliphatic heterocycles.